The smallest absolute Gasteiger partial charge is 0.123 e. The topological polar surface area (TPSA) is 15.3 Å². The van der Waals surface area contributed by atoms with Crippen molar-refractivity contribution in [3.05, 3.63) is 34.1 Å². The lowest BCUT2D eigenvalue weighted by Crippen LogP contribution is -2.48. The number of nitrogens with zero attached hydrogens (tertiary/aromatic N) is 1. The molecule has 0 spiro atoms. The summed E-state index contributed by atoms with van der Waals surface area (Å²) in [6, 6.07) is 5.38. The van der Waals surface area contributed by atoms with Gasteiger partial charge in [-0.05, 0) is 30.7 Å². The molecule has 1 saturated heterocycles. The molecular formula is C12H16BrFN2. The maximum absolute atomic E-state index is 13.1. The van der Waals surface area contributed by atoms with E-state index in [2.05, 4.69) is 33.1 Å². The molecule has 1 aromatic carbocycles. The van der Waals surface area contributed by atoms with Crippen LogP contribution in [0.5, 0.6) is 0 Å². The predicted molar refractivity (Wildman–Crippen MR) is 66.8 cm³/mol. The van der Waals surface area contributed by atoms with Crippen molar-refractivity contribution in [1.82, 2.24) is 10.2 Å². The van der Waals surface area contributed by atoms with Gasteiger partial charge in [-0.2, -0.15) is 0 Å². The second kappa shape index (κ2) is 5.25. The third-order valence-corrected chi connectivity index (χ3v) is 3.63. The number of rotatable bonds is 2. The molecular weight excluding hydrogens is 271 g/mol. The predicted octanol–water partition coefficient (Wildman–Crippen LogP) is 2.38. The highest BCUT2D eigenvalue weighted by Crippen LogP contribution is 2.20. The van der Waals surface area contributed by atoms with Gasteiger partial charge >= 0.3 is 0 Å². The van der Waals surface area contributed by atoms with Crippen molar-refractivity contribution < 1.29 is 4.39 Å². The lowest BCUT2D eigenvalue weighted by Gasteiger charge is -2.32. The molecule has 0 bridgehead atoms. The Morgan fingerprint density at radius 2 is 2.38 bits per heavy atom. The first-order valence-corrected chi connectivity index (χ1v) is 6.34. The van der Waals surface area contributed by atoms with Crippen LogP contribution in [0.1, 0.15) is 12.5 Å². The fourth-order valence-electron chi connectivity index (χ4n) is 2.06. The van der Waals surface area contributed by atoms with Gasteiger partial charge < -0.3 is 5.32 Å². The minimum absolute atomic E-state index is 0.165. The van der Waals surface area contributed by atoms with Gasteiger partial charge in [-0.15, -0.1) is 0 Å². The summed E-state index contributed by atoms with van der Waals surface area (Å²) in [6.45, 7) is 6.03. The van der Waals surface area contributed by atoms with Crippen LogP contribution in [-0.2, 0) is 6.54 Å². The molecule has 2 rings (SSSR count). The Kier molecular flexibility index (Phi) is 3.95. The van der Waals surface area contributed by atoms with Gasteiger partial charge in [0.05, 0.1) is 0 Å². The van der Waals surface area contributed by atoms with E-state index in [0.717, 1.165) is 36.2 Å². The lowest BCUT2D eigenvalue weighted by molar-refractivity contribution is 0.199. The Morgan fingerprint density at radius 1 is 1.56 bits per heavy atom. The molecule has 4 heteroatoms. The fourth-order valence-corrected chi connectivity index (χ4v) is 2.43. The van der Waals surface area contributed by atoms with Crippen LogP contribution in [0.2, 0.25) is 0 Å². The number of halogens is 2. The molecule has 0 amide bonds. The van der Waals surface area contributed by atoms with E-state index < -0.39 is 0 Å². The molecule has 88 valence electrons. The molecule has 1 heterocycles. The summed E-state index contributed by atoms with van der Waals surface area (Å²) in [4.78, 5) is 2.35. The molecule has 1 fully saturated rings. The molecule has 0 aliphatic carbocycles. The van der Waals surface area contributed by atoms with Gasteiger partial charge in [0.1, 0.15) is 5.82 Å². The maximum atomic E-state index is 13.1. The van der Waals surface area contributed by atoms with E-state index in [1.54, 1.807) is 12.1 Å². The zero-order valence-corrected chi connectivity index (χ0v) is 10.9. The first-order chi connectivity index (χ1) is 7.65. The number of hydrogen-bond donors (Lipinski definition) is 1. The number of nitrogens with one attached hydrogen (secondary N) is 1. The van der Waals surface area contributed by atoms with E-state index in [4.69, 9.17) is 0 Å². The van der Waals surface area contributed by atoms with E-state index in [-0.39, 0.29) is 5.82 Å². The molecule has 16 heavy (non-hydrogen) atoms. The molecule has 2 nitrogen and oxygen atoms in total. The number of hydrogen-bond acceptors (Lipinski definition) is 2. The lowest BCUT2D eigenvalue weighted by atomic mass is 10.1. The molecule has 1 aliphatic heterocycles. The Labute approximate surface area is 104 Å². The molecule has 0 aromatic heterocycles. The summed E-state index contributed by atoms with van der Waals surface area (Å²) in [5.74, 6) is -0.165. The Hall–Kier alpha value is -0.450. The quantitative estimate of drug-likeness (QED) is 0.898. The Morgan fingerprint density at radius 3 is 3.12 bits per heavy atom. The van der Waals surface area contributed by atoms with Crippen molar-refractivity contribution in [3.8, 4) is 0 Å². The average Bonchev–Trinajstić information content (AvgIpc) is 2.24. The molecule has 0 saturated carbocycles. The average molecular weight is 287 g/mol. The van der Waals surface area contributed by atoms with Crippen molar-refractivity contribution in [1.29, 1.82) is 0 Å². The van der Waals surface area contributed by atoms with Crippen molar-refractivity contribution in [2.45, 2.75) is 19.5 Å². The van der Waals surface area contributed by atoms with Crippen molar-refractivity contribution in [2.24, 2.45) is 0 Å². The van der Waals surface area contributed by atoms with E-state index in [0.29, 0.717) is 6.04 Å². The second-order valence-electron chi connectivity index (χ2n) is 4.33. The van der Waals surface area contributed by atoms with E-state index in [1.807, 2.05) is 0 Å². The Balaban J connectivity index is 2.05. The molecule has 1 aromatic rings. The largest absolute Gasteiger partial charge is 0.312 e. The minimum atomic E-state index is -0.165. The van der Waals surface area contributed by atoms with Gasteiger partial charge in [-0.25, -0.2) is 4.39 Å². The molecule has 1 N–H and O–H groups in total. The third-order valence-electron chi connectivity index (χ3n) is 2.85. The summed E-state index contributed by atoms with van der Waals surface area (Å²) in [6.07, 6.45) is 0. The van der Waals surface area contributed by atoms with E-state index in [1.165, 1.54) is 6.07 Å². The van der Waals surface area contributed by atoms with Crippen molar-refractivity contribution in [2.75, 3.05) is 19.6 Å². The summed E-state index contributed by atoms with van der Waals surface area (Å²) >= 11 is 3.46. The first-order valence-electron chi connectivity index (χ1n) is 5.55. The highest BCUT2D eigenvalue weighted by atomic mass is 79.9. The zero-order chi connectivity index (χ0) is 11.5. The van der Waals surface area contributed by atoms with Crippen LogP contribution in [0.15, 0.2) is 22.7 Å². The Bertz CT molecular complexity index is 370. The molecule has 1 atom stereocenters. The van der Waals surface area contributed by atoms with E-state index in [9.17, 15) is 4.39 Å². The van der Waals surface area contributed by atoms with Crippen molar-refractivity contribution in [3.63, 3.8) is 0 Å². The van der Waals surface area contributed by atoms with Crippen LogP contribution in [0.4, 0.5) is 4.39 Å². The van der Waals surface area contributed by atoms with Crippen LogP contribution in [-0.4, -0.2) is 30.6 Å². The maximum Gasteiger partial charge on any atom is 0.123 e. The van der Waals surface area contributed by atoms with Crippen LogP contribution in [0.3, 0.4) is 0 Å². The van der Waals surface area contributed by atoms with Crippen LogP contribution < -0.4 is 5.32 Å². The van der Waals surface area contributed by atoms with Crippen molar-refractivity contribution >= 4 is 15.9 Å². The third kappa shape index (κ3) is 3.03. The van der Waals surface area contributed by atoms with Gasteiger partial charge in [-0.3, -0.25) is 4.90 Å². The summed E-state index contributed by atoms with van der Waals surface area (Å²) in [5.41, 5.74) is 1.02. The first kappa shape index (κ1) is 12.0. The van der Waals surface area contributed by atoms with Crippen LogP contribution in [0, 0.1) is 5.82 Å². The minimum Gasteiger partial charge on any atom is -0.312 e. The summed E-state index contributed by atoms with van der Waals surface area (Å²) in [7, 11) is 0. The normalized spacial score (nSPS) is 22.3. The highest BCUT2D eigenvalue weighted by molar-refractivity contribution is 9.10. The number of piperazine rings is 1. The molecule has 0 radical (unpaired) electrons. The van der Waals surface area contributed by atoms with Gasteiger partial charge in [0.15, 0.2) is 0 Å². The molecule has 1 aliphatic rings. The fraction of sp³-hybridized carbons (Fsp3) is 0.500. The van der Waals surface area contributed by atoms with Crippen LogP contribution in [0.25, 0.3) is 0 Å². The van der Waals surface area contributed by atoms with E-state index >= 15 is 0 Å². The SMILES string of the molecule is C[C@H]1CN(Cc2cc(F)ccc2Br)CCN1. The number of benzene rings is 1. The van der Waals surface area contributed by atoms with Gasteiger partial charge in [0.25, 0.3) is 0 Å². The monoisotopic (exact) mass is 286 g/mol. The molecule has 0 unspecified atom stereocenters. The standard InChI is InChI=1S/C12H16BrFN2/c1-9-7-16(5-4-15-9)8-10-6-11(14)2-3-12(10)13/h2-3,6,9,15H,4-5,7-8H2,1H3/t9-/m0/s1. The van der Waals surface area contributed by atoms with Gasteiger partial charge in [0, 0.05) is 36.7 Å². The zero-order valence-electron chi connectivity index (χ0n) is 9.34. The summed E-state index contributed by atoms with van der Waals surface area (Å²) < 4.78 is 14.1. The highest BCUT2D eigenvalue weighted by Gasteiger charge is 2.16. The second-order valence-corrected chi connectivity index (χ2v) is 5.18. The van der Waals surface area contributed by atoms with Gasteiger partial charge in [-0.1, -0.05) is 15.9 Å². The van der Waals surface area contributed by atoms with Crippen LogP contribution >= 0.6 is 15.9 Å². The summed E-state index contributed by atoms with van der Waals surface area (Å²) in [5, 5.41) is 3.40. The van der Waals surface area contributed by atoms with Gasteiger partial charge in [0.2, 0.25) is 0 Å².